The van der Waals surface area contributed by atoms with E-state index >= 15 is 0 Å². The quantitative estimate of drug-likeness (QED) is 0.362. The van der Waals surface area contributed by atoms with Gasteiger partial charge in [-0.15, -0.1) is 0 Å². The number of halogens is 2. The molecule has 2 N–H and O–H groups in total. The second-order valence-electron chi connectivity index (χ2n) is 12.4. The van der Waals surface area contributed by atoms with E-state index < -0.39 is 39.5 Å². The van der Waals surface area contributed by atoms with Crippen molar-refractivity contribution in [1.29, 1.82) is 0 Å². The number of esters is 1. The van der Waals surface area contributed by atoms with E-state index in [1.807, 2.05) is 13.8 Å². The minimum absolute atomic E-state index is 0.00277. The van der Waals surface area contributed by atoms with Gasteiger partial charge in [0.05, 0.1) is 6.10 Å². The largest absolute Gasteiger partial charge is 0.458 e. The van der Waals surface area contributed by atoms with E-state index in [0.717, 1.165) is 19.3 Å². The zero-order valence-electron chi connectivity index (χ0n) is 21.6. The zero-order valence-corrected chi connectivity index (χ0v) is 22.4. The molecule has 9 atom stereocenters. The van der Waals surface area contributed by atoms with Gasteiger partial charge in [-0.1, -0.05) is 20.8 Å². The van der Waals surface area contributed by atoms with Crippen LogP contribution in [0.4, 0.5) is 8.78 Å². The smallest absolute Gasteiger partial charge is 0.402 e. The molecule has 0 heterocycles. The fourth-order valence-corrected chi connectivity index (χ4v) is 8.74. The van der Waals surface area contributed by atoms with Gasteiger partial charge >= 0.3 is 21.3 Å². The summed E-state index contributed by atoms with van der Waals surface area (Å²) in [6.07, 6.45) is 3.69. The standard InChI is InChI=1S/C26H38F2O8S/c1-14(4-7-22(32)36-13-26(27,28)37(33,34)35)17-5-6-18-23-19(12-21(31)25(17,18)3)24(2)9-8-16(29)10-15(24)11-20(23)30/h14-15,17-20,23,30H,4-13H2,1-3H3,(H,33,34,35)/t14-,15+,17-,18+,19+,20?,23+,24+,25-/m1/s1. The molecule has 4 aliphatic carbocycles. The van der Waals surface area contributed by atoms with Crippen molar-refractivity contribution in [2.75, 3.05) is 6.61 Å². The molecule has 4 rings (SSSR count). The van der Waals surface area contributed by atoms with Crippen LogP contribution >= 0.6 is 0 Å². The van der Waals surface area contributed by atoms with Crippen LogP contribution in [-0.4, -0.2) is 53.6 Å². The third-order valence-electron chi connectivity index (χ3n) is 10.7. The molecule has 0 bridgehead atoms. The van der Waals surface area contributed by atoms with Crippen LogP contribution in [0.2, 0.25) is 0 Å². The van der Waals surface area contributed by atoms with Gasteiger partial charge in [-0.05, 0) is 73.0 Å². The van der Waals surface area contributed by atoms with E-state index in [9.17, 15) is 36.7 Å². The predicted molar refractivity (Wildman–Crippen MR) is 128 cm³/mol. The minimum Gasteiger partial charge on any atom is -0.458 e. The third-order valence-corrected chi connectivity index (χ3v) is 11.6. The predicted octanol–water partition coefficient (Wildman–Crippen LogP) is 3.80. The number of hydrogen-bond donors (Lipinski definition) is 2. The van der Waals surface area contributed by atoms with Gasteiger partial charge in [0.15, 0.2) is 6.61 Å². The molecule has 0 aromatic heterocycles. The number of hydrogen-bond acceptors (Lipinski definition) is 7. The summed E-state index contributed by atoms with van der Waals surface area (Å²) in [5, 5.41) is 6.69. The number of alkyl halides is 2. The molecule has 0 amide bonds. The number of carbonyl (C=O) groups excluding carboxylic acids is 3. The first-order valence-corrected chi connectivity index (χ1v) is 14.7. The van der Waals surface area contributed by atoms with Gasteiger partial charge in [0.2, 0.25) is 0 Å². The summed E-state index contributed by atoms with van der Waals surface area (Å²) in [6, 6.07) is 0. The summed E-state index contributed by atoms with van der Waals surface area (Å²) in [7, 11) is -5.68. The number of fused-ring (bicyclic) bond motifs is 5. The number of rotatable bonds is 7. The molecule has 0 aromatic rings. The summed E-state index contributed by atoms with van der Waals surface area (Å²) in [4.78, 5) is 38.0. The monoisotopic (exact) mass is 548 g/mol. The second kappa shape index (κ2) is 9.62. The van der Waals surface area contributed by atoms with E-state index in [1.54, 1.807) is 0 Å². The Bertz CT molecular complexity index is 1060. The average molecular weight is 549 g/mol. The van der Waals surface area contributed by atoms with Crippen LogP contribution in [0.1, 0.15) is 78.6 Å². The molecule has 0 spiro atoms. The van der Waals surface area contributed by atoms with Gasteiger partial charge in [-0.2, -0.15) is 17.2 Å². The van der Waals surface area contributed by atoms with E-state index in [1.165, 1.54) is 0 Å². The van der Waals surface area contributed by atoms with Crippen LogP contribution in [-0.2, 0) is 29.2 Å². The Labute approximate surface area is 216 Å². The van der Waals surface area contributed by atoms with Gasteiger partial charge in [0, 0.05) is 31.1 Å². The molecule has 0 aromatic carbocycles. The molecule has 11 heteroatoms. The number of Topliss-reactive ketones (excluding diaryl/α,β-unsaturated/α-hetero) is 2. The van der Waals surface area contributed by atoms with Crippen LogP contribution in [0.25, 0.3) is 0 Å². The van der Waals surface area contributed by atoms with Crippen molar-refractivity contribution >= 4 is 27.7 Å². The Morgan fingerprint density at radius 3 is 2.51 bits per heavy atom. The highest BCUT2D eigenvalue weighted by molar-refractivity contribution is 7.86. The molecular formula is C26H38F2O8S. The average Bonchev–Trinajstić information content (AvgIpc) is 3.16. The van der Waals surface area contributed by atoms with Crippen LogP contribution in [0.5, 0.6) is 0 Å². The lowest BCUT2D eigenvalue weighted by Gasteiger charge is -2.61. The van der Waals surface area contributed by atoms with Crippen molar-refractivity contribution in [2.45, 2.75) is 89.9 Å². The van der Waals surface area contributed by atoms with Crippen LogP contribution in [0, 0.1) is 46.3 Å². The zero-order chi connectivity index (χ0) is 27.6. The molecule has 0 aliphatic heterocycles. The highest BCUT2D eigenvalue weighted by Gasteiger charge is 2.66. The number of carbonyl (C=O) groups is 3. The van der Waals surface area contributed by atoms with Gasteiger partial charge in [-0.3, -0.25) is 18.9 Å². The summed E-state index contributed by atoms with van der Waals surface area (Å²) in [6.45, 7) is 4.32. The molecular weight excluding hydrogens is 510 g/mol. The molecule has 0 radical (unpaired) electrons. The van der Waals surface area contributed by atoms with Crippen molar-refractivity contribution in [2.24, 2.45) is 46.3 Å². The van der Waals surface area contributed by atoms with Gasteiger partial charge in [0.1, 0.15) is 11.6 Å². The first kappa shape index (κ1) is 28.5. The fourth-order valence-electron chi connectivity index (χ4n) is 8.53. The molecule has 0 saturated heterocycles. The van der Waals surface area contributed by atoms with Crippen LogP contribution in [0.3, 0.4) is 0 Å². The number of aliphatic hydroxyl groups is 1. The van der Waals surface area contributed by atoms with Gasteiger partial charge in [-0.25, -0.2) is 0 Å². The molecule has 37 heavy (non-hydrogen) atoms. The first-order chi connectivity index (χ1) is 17.0. The van der Waals surface area contributed by atoms with Crippen molar-refractivity contribution in [3.8, 4) is 0 Å². The SMILES string of the molecule is C[C@H](CCC(=O)OCC(F)(F)S(=O)(=O)O)[C@H]1CC[C@H]2[C@@H]3C(O)C[C@@H]4CC(=O)CC[C@]4(C)[C@H]3CC(=O)[C@]12C. The molecule has 8 nitrogen and oxygen atoms in total. The van der Waals surface area contributed by atoms with Crippen molar-refractivity contribution in [3.05, 3.63) is 0 Å². The van der Waals surface area contributed by atoms with E-state index in [0.29, 0.717) is 25.7 Å². The van der Waals surface area contributed by atoms with E-state index in [2.05, 4.69) is 11.7 Å². The third kappa shape index (κ3) is 4.77. The summed E-state index contributed by atoms with van der Waals surface area (Å²) in [5.41, 5.74) is -0.816. The van der Waals surface area contributed by atoms with Crippen LogP contribution < -0.4 is 0 Å². The highest BCUT2D eigenvalue weighted by atomic mass is 32.2. The Kier molecular flexibility index (Phi) is 7.42. The van der Waals surface area contributed by atoms with Gasteiger partial charge in [0.25, 0.3) is 0 Å². The summed E-state index contributed by atoms with van der Waals surface area (Å²) >= 11 is 0. The van der Waals surface area contributed by atoms with Gasteiger partial charge < -0.3 is 9.84 Å². The Morgan fingerprint density at radius 2 is 1.86 bits per heavy atom. The molecule has 4 fully saturated rings. The van der Waals surface area contributed by atoms with Crippen molar-refractivity contribution in [3.63, 3.8) is 0 Å². The topological polar surface area (TPSA) is 135 Å². The maximum Gasteiger partial charge on any atom is 0.402 e. The Balaban J connectivity index is 1.44. The highest BCUT2D eigenvalue weighted by Crippen LogP contribution is 2.67. The first-order valence-electron chi connectivity index (χ1n) is 13.3. The number of aliphatic hydroxyl groups excluding tert-OH is 1. The maximum absolute atomic E-state index is 13.8. The maximum atomic E-state index is 13.8. The van der Waals surface area contributed by atoms with Crippen molar-refractivity contribution in [1.82, 2.24) is 0 Å². The van der Waals surface area contributed by atoms with E-state index in [-0.39, 0.29) is 65.3 Å². The molecule has 4 aliphatic rings. The molecule has 1 unspecified atom stereocenters. The number of ether oxygens (including phenoxy) is 1. The number of ketones is 2. The lowest BCUT2D eigenvalue weighted by atomic mass is 9.43. The Morgan fingerprint density at radius 1 is 1.19 bits per heavy atom. The van der Waals surface area contributed by atoms with Crippen LogP contribution in [0.15, 0.2) is 0 Å². The van der Waals surface area contributed by atoms with Crippen molar-refractivity contribution < 1.29 is 46.0 Å². The molecule has 210 valence electrons. The Hall–Kier alpha value is -1.46. The minimum atomic E-state index is -5.68. The lowest BCUT2D eigenvalue weighted by Crippen LogP contribution is -2.61. The van der Waals surface area contributed by atoms with E-state index in [4.69, 9.17) is 4.55 Å². The fraction of sp³-hybridized carbons (Fsp3) is 0.885. The second-order valence-corrected chi connectivity index (χ2v) is 14.0. The molecule has 4 saturated carbocycles. The summed E-state index contributed by atoms with van der Waals surface area (Å²) in [5.74, 6) is -0.668. The lowest BCUT2D eigenvalue weighted by molar-refractivity contribution is -0.177. The normalized spacial score (nSPS) is 40.9. The summed E-state index contributed by atoms with van der Waals surface area (Å²) < 4.78 is 61.0.